The predicted octanol–water partition coefficient (Wildman–Crippen LogP) is 10.5. The predicted molar refractivity (Wildman–Crippen MR) is 240 cm³/mol. The number of fused-ring (bicyclic) bond motifs is 2. The van der Waals surface area contributed by atoms with Crippen LogP contribution in [0.4, 0.5) is 45.5 Å². The number of nitrogens with zero attached hydrogens (tertiary/aromatic N) is 6. The quantitative estimate of drug-likeness (QED) is 0.0471. The third-order valence-corrected chi connectivity index (χ3v) is 12.3. The summed E-state index contributed by atoms with van der Waals surface area (Å²) in [4.78, 5) is -2.03. The third kappa shape index (κ3) is 9.87. The summed E-state index contributed by atoms with van der Waals surface area (Å²) >= 11 is 0. The van der Waals surface area contributed by atoms with Gasteiger partial charge in [0.25, 0.3) is 30.4 Å². The molecule has 340 valence electrons. The van der Waals surface area contributed by atoms with Crippen LogP contribution in [0.1, 0.15) is 0 Å². The van der Waals surface area contributed by atoms with Gasteiger partial charge in [0.1, 0.15) is 66.1 Å². The molecule has 66 heavy (non-hydrogen) atoms. The maximum absolute atomic E-state index is 12.6. The fraction of sp³-hybridized carbons (Fsp3) is 0.0952. The van der Waals surface area contributed by atoms with E-state index >= 15 is 0 Å². The summed E-state index contributed by atoms with van der Waals surface area (Å²) in [6.07, 6.45) is 0. The number of hydrogen-bond acceptors (Lipinski definition) is 18. The van der Waals surface area contributed by atoms with Crippen molar-refractivity contribution in [3.8, 4) is 28.7 Å². The first kappa shape index (κ1) is 46.4. The van der Waals surface area contributed by atoms with Crippen LogP contribution in [0.2, 0.25) is 0 Å². The molecule has 0 aliphatic heterocycles. The van der Waals surface area contributed by atoms with Crippen molar-refractivity contribution < 1.29 is 63.0 Å². The standard InChI is InChI=1S/C42H35N7O14S3/c1-60-34-20-31(35(61-2)19-30(34)45-44-26-17-29-28(39(18-26)65(54,55)56)11-8-12-38(29)64(51,52)53)46-47-32-21-37(63-4)33(22-36(32)62-3)48-49-41-40(66(57,58)59)16-23-15-25(13-14-27(23)42(41)50)43-24-9-6-5-7-10-24/h5-22,43,50H,1-4H3,(H,51,52,53)(H,54,55,56)(H,57,58,59). The first-order chi connectivity index (χ1) is 31.3. The van der Waals surface area contributed by atoms with Crippen molar-refractivity contribution in [2.75, 3.05) is 33.8 Å². The summed E-state index contributed by atoms with van der Waals surface area (Å²) in [6.45, 7) is 0. The molecule has 5 N–H and O–H groups in total. The van der Waals surface area contributed by atoms with E-state index in [1.807, 2.05) is 30.3 Å². The van der Waals surface area contributed by atoms with Gasteiger partial charge in [0.05, 0.1) is 34.1 Å². The van der Waals surface area contributed by atoms with E-state index in [1.54, 1.807) is 18.2 Å². The lowest BCUT2D eigenvalue weighted by Gasteiger charge is -2.12. The molecule has 7 aromatic carbocycles. The van der Waals surface area contributed by atoms with E-state index < -0.39 is 56.5 Å². The summed E-state index contributed by atoms with van der Waals surface area (Å²) in [5.41, 5.74) is 0.791. The van der Waals surface area contributed by atoms with Gasteiger partial charge in [0.15, 0.2) is 5.75 Å². The summed E-state index contributed by atoms with van der Waals surface area (Å²) in [5.74, 6) is -0.290. The smallest absolute Gasteiger partial charge is 0.296 e. The number of benzene rings is 7. The van der Waals surface area contributed by atoms with Gasteiger partial charge in [-0.3, -0.25) is 13.7 Å². The number of phenols is 1. The van der Waals surface area contributed by atoms with E-state index in [9.17, 15) is 44.0 Å². The number of phenolic OH excluding ortho intramolecular Hbond substituents is 1. The van der Waals surface area contributed by atoms with Crippen LogP contribution in [0.25, 0.3) is 21.5 Å². The highest BCUT2D eigenvalue weighted by Gasteiger charge is 2.24. The van der Waals surface area contributed by atoms with Gasteiger partial charge in [0.2, 0.25) is 0 Å². The molecule has 0 aliphatic rings. The van der Waals surface area contributed by atoms with Crippen molar-refractivity contribution in [1.82, 2.24) is 0 Å². The highest BCUT2D eigenvalue weighted by Crippen LogP contribution is 2.46. The number of ether oxygens (including phenoxy) is 4. The zero-order valence-electron chi connectivity index (χ0n) is 34.7. The third-order valence-electron chi connectivity index (χ3n) is 9.61. The minimum Gasteiger partial charge on any atom is -0.505 e. The van der Waals surface area contributed by atoms with Crippen LogP contribution in [0.3, 0.4) is 0 Å². The monoisotopic (exact) mass is 957 g/mol. The highest BCUT2D eigenvalue weighted by atomic mass is 32.2. The van der Waals surface area contributed by atoms with E-state index in [2.05, 4.69) is 36.0 Å². The topological polar surface area (TPSA) is 306 Å². The van der Waals surface area contributed by atoms with Gasteiger partial charge >= 0.3 is 0 Å². The SMILES string of the molecule is COc1cc(N=Nc2cc(OC)c(N=Nc3c(S(=O)(=O)O)cc4cc(Nc5ccccc5)ccc4c3O)cc2OC)c(OC)cc1N=Nc1cc(S(=O)(=O)O)c2cccc(S(=O)(=O)O)c2c1. The molecule has 0 heterocycles. The maximum Gasteiger partial charge on any atom is 0.296 e. The van der Waals surface area contributed by atoms with E-state index in [4.69, 9.17) is 18.9 Å². The summed E-state index contributed by atoms with van der Waals surface area (Å²) < 4.78 is 126. The van der Waals surface area contributed by atoms with Crippen molar-refractivity contribution in [3.63, 3.8) is 0 Å². The lowest BCUT2D eigenvalue weighted by molar-refractivity contribution is 0.403. The fourth-order valence-electron chi connectivity index (χ4n) is 6.58. The molecule has 0 fully saturated rings. The number of rotatable bonds is 15. The average Bonchev–Trinajstić information content (AvgIpc) is 3.28. The van der Waals surface area contributed by atoms with Crippen LogP contribution in [0.5, 0.6) is 28.7 Å². The number of para-hydroxylation sites is 1. The second-order valence-corrected chi connectivity index (χ2v) is 17.9. The van der Waals surface area contributed by atoms with Gasteiger partial charge in [0, 0.05) is 51.8 Å². The Bertz CT molecular complexity index is 3500. The zero-order valence-corrected chi connectivity index (χ0v) is 37.1. The van der Waals surface area contributed by atoms with Crippen LogP contribution >= 0.6 is 0 Å². The Balaban J connectivity index is 1.21. The van der Waals surface area contributed by atoms with Gasteiger partial charge in [-0.1, -0.05) is 30.3 Å². The largest absolute Gasteiger partial charge is 0.505 e. The van der Waals surface area contributed by atoms with Crippen LogP contribution in [0, 0.1) is 0 Å². The van der Waals surface area contributed by atoms with Crippen molar-refractivity contribution in [3.05, 3.63) is 109 Å². The van der Waals surface area contributed by atoms with Crippen LogP contribution < -0.4 is 24.3 Å². The molecule has 0 spiro atoms. The molecule has 0 aromatic heterocycles. The Morgan fingerprint density at radius 2 is 0.939 bits per heavy atom. The lowest BCUT2D eigenvalue weighted by Crippen LogP contribution is -2.03. The number of aromatic hydroxyl groups is 1. The molecule has 21 nitrogen and oxygen atoms in total. The normalized spacial score (nSPS) is 12.4. The molecule has 24 heteroatoms. The van der Waals surface area contributed by atoms with E-state index in [1.165, 1.54) is 64.8 Å². The number of hydrogen-bond donors (Lipinski definition) is 5. The molecule has 7 aromatic rings. The molecular formula is C42H35N7O14S3. The van der Waals surface area contributed by atoms with Crippen LogP contribution in [-0.4, -0.2) is 72.5 Å². The number of nitrogens with one attached hydrogen (secondary N) is 1. The fourth-order valence-corrected chi connectivity index (χ4v) is 8.66. The Morgan fingerprint density at radius 3 is 1.44 bits per heavy atom. The lowest BCUT2D eigenvalue weighted by atomic mass is 10.1. The van der Waals surface area contributed by atoms with Crippen LogP contribution in [0.15, 0.2) is 155 Å². The molecule has 0 aliphatic carbocycles. The van der Waals surface area contributed by atoms with E-state index in [0.717, 1.165) is 30.0 Å². The molecule has 0 radical (unpaired) electrons. The minimum atomic E-state index is -4.94. The summed E-state index contributed by atoms with van der Waals surface area (Å²) in [7, 11) is -9.42. The maximum atomic E-state index is 12.6. The van der Waals surface area contributed by atoms with Gasteiger partial charge < -0.3 is 29.4 Å². The number of anilines is 2. The molecule has 0 saturated heterocycles. The highest BCUT2D eigenvalue weighted by molar-refractivity contribution is 7.86. The first-order valence-corrected chi connectivity index (χ1v) is 23.0. The second kappa shape index (κ2) is 18.5. The molecular weight excluding hydrogens is 923 g/mol. The van der Waals surface area contributed by atoms with Gasteiger partial charge in [-0.05, 0) is 60.0 Å². The van der Waals surface area contributed by atoms with Gasteiger partial charge in [-0.2, -0.15) is 30.4 Å². The molecule has 0 unspecified atom stereocenters. The molecule has 7 rings (SSSR count). The first-order valence-electron chi connectivity index (χ1n) is 18.7. The van der Waals surface area contributed by atoms with E-state index in [-0.39, 0.29) is 73.0 Å². The Labute approximate surface area is 376 Å². The van der Waals surface area contributed by atoms with Crippen molar-refractivity contribution in [2.24, 2.45) is 30.7 Å². The number of azo groups is 3. The second-order valence-electron chi connectivity index (χ2n) is 13.7. The Morgan fingerprint density at radius 1 is 0.439 bits per heavy atom. The molecule has 0 atom stereocenters. The van der Waals surface area contributed by atoms with Crippen LogP contribution in [-0.2, 0) is 30.4 Å². The molecule has 0 saturated carbocycles. The molecule has 0 bridgehead atoms. The molecule has 0 amide bonds. The van der Waals surface area contributed by atoms with E-state index in [0.29, 0.717) is 5.69 Å². The average molecular weight is 958 g/mol. The minimum absolute atomic E-state index is 0.00482. The zero-order chi connectivity index (χ0) is 47.6. The summed E-state index contributed by atoms with van der Waals surface area (Å²) in [6, 6.07) is 26.2. The van der Waals surface area contributed by atoms with Crippen molar-refractivity contribution in [2.45, 2.75) is 14.7 Å². The van der Waals surface area contributed by atoms with Crippen molar-refractivity contribution >= 4 is 97.4 Å². The van der Waals surface area contributed by atoms with Crippen molar-refractivity contribution in [1.29, 1.82) is 0 Å². The van der Waals surface area contributed by atoms with Gasteiger partial charge in [-0.15, -0.1) is 25.6 Å². The Hall–Kier alpha value is -7.61. The summed E-state index contributed by atoms with van der Waals surface area (Å²) in [5, 5.41) is 39.4. The van der Waals surface area contributed by atoms with Gasteiger partial charge in [-0.25, -0.2) is 0 Å². The Kier molecular flexibility index (Phi) is 13.0. The number of methoxy groups -OCH3 is 4.